The van der Waals surface area contributed by atoms with Crippen molar-refractivity contribution in [2.24, 2.45) is 0 Å². The summed E-state index contributed by atoms with van der Waals surface area (Å²) in [5.74, 6) is -0.401. The molecule has 88 valence electrons. The van der Waals surface area contributed by atoms with Gasteiger partial charge in [-0.1, -0.05) is 0 Å². The lowest BCUT2D eigenvalue weighted by molar-refractivity contribution is 0.591. The van der Waals surface area contributed by atoms with Crippen molar-refractivity contribution in [3.8, 4) is 0 Å². The van der Waals surface area contributed by atoms with E-state index in [9.17, 15) is 8.78 Å². The maximum atomic E-state index is 13.3. The predicted octanol–water partition coefficient (Wildman–Crippen LogP) is 3.84. The minimum atomic E-state index is -0.417. The summed E-state index contributed by atoms with van der Waals surface area (Å²) < 4.78 is 26.3. The molecule has 0 aromatic heterocycles. The molecule has 0 bridgehead atoms. The van der Waals surface area contributed by atoms with Gasteiger partial charge in [0.25, 0.3) is 0 Å². The van der Waals surface area contributed by atoms with Gasteiger partial charge in [-0.05, 0) is 42.5 Å². The molecular weight excluding hydrogens is 240 g/mol. The highest BCUT2D eigenvalue weighted by Crippen LogP contribution is 2.25. The van der Waals surface area contributed by atoms with Crippen molar-refractivity contribution < 1.29 is 8.78 Å². The lowest BCUT2D eigenvalue weighted by Crippen LogP contribution is -1.89. The molecule has 17 heavy (non-hydrogen) atoms. The third kappa shape index (κ3) is 3.20. The van der Waals surface area contributed by atoms with Gasteiger partial charge >= 0.3 is 0 Å². The van der Waals surface area contributed by atoms with Crippen LogP contribution >= 0.6 is 11.8 Å². The smallest absolute Gasteiger partial charge is 0.127 e. The van der Waals surface area contributed by atoms with Crippen LogP contribution in [0.25, 0.3) is 0 Å². The normalized spacial score (nSPS) is 10.5. The maximum absolute atomic E-state index is 13.3. The van der Waals surface area contributed by atoms with Crippen LogP contribution in [0.15, 0.2) is 47.4 Å². The third-order valence-corrected chi connectivity index (χ3v) is 3.34. The Balaban J connectivity index is 2.07. The minimum absolute atomic E-state index is 0.367. The molecule has 2 aromatic rings. The van der Waals surface area contributed by atoms with E-state index in [2.05, 4.69) is 0 Å². The summed E-state index contributed by atoms with van der Waals surface area (Å²) in [5.41, 5.74) is 6.61. The number of anilines is 1. The molecule has 0 atom stereocenters. The van der Waals surface area contributed by atoms with Crippen molar-refractivity contribution in [2.75, 3.05) is 5.73 Å². The van der Waals surface area contributed by atoms with E-state index in [1.54, 1.807) is 12.1 Å². The Kier molecular flexibility index (Phi) is 3.64. The first-order valence-corrected chi connectivity index (χ1v) is 6.06. The van der Waals surface area contributed by atoms with Crippen LogP contribution in [0.2, 0.25) is 0 Å². The van der Waals surface area contributed by atoms with Gasteiger partial charge in [-0.2, -0.15) is 0 Å². The second-order valence-electron chi connectivity index (χ2n) is 3.59. The quantitative estimate of drug-likeness (QED) is 0.662. The van der Waals surface area contributed by atoms with Crippen LogP contribution < -0.4 is 5.73 Å². The molecule has 0 fully saturated rings. The molecule has 2 rings (SSSR count). The molecule has 0 unspecified atom stereocenters. The van der Waals surface area contributed by atoms with Crippen molar-refractivity contribution in [3.05, 3.63) is 59.7 Å². The van der Waals surface area contributed by atoms with E-state index in [1.165, 1.54) is 17.8 Å². The van der Waals surface area contributed by atoms with Gasteiger partial charge in [-0.25, -0.2) is 8.78 Å². The topological polar surface area (TPSA) is 26.0 Å². The lowest BCUT2D eigenvalue weighted by atomic mass is 10.2. The van der Waals surface area contributed by atoms with E-state index in [0.717, 1.165) is 17.0 Å². The van der Waals surface area contributed by atoms with Gasteiger partial charge in [0.2, 0.25) is 0 Å². The molecule has 0 aliphatic carbocycles. The predicted molar refractivity (Wildman–Crippen MR) is 66.8 cm³/mol. The average molecular weight is 251 g/mol. The monoisotopic (exact) mass is 251 g/mol. The zero-order chi connectivity index (χ0) is 12.3. The maximum Gasteiger partial charge on any atom is 0.127 e. The van der Waals surface area contributed by atoms with Gasteiger partial charge in [0, 0.05) is 21.9 Å². The Morgan fingerprint density at radius 1 is 1.00 bits per heavy atom. The SMILES string of the molecule is Nc1ccc(SCc2cc(F)ccc2F)cc1. The molecule has 0 aliphatic rings. The second kappa shape index (κ2) is 5.19. The van der Waals surface area contributed by atoms with Crippen LogP contribution in [0.1, 0.15) is 5.56 Å². The fourth-order valence-electron chi connectivity index (χ4n) is 1.38. The molecule has 1 nitrogen and oxygen atoms in total. The molecule has 2 aromatic carbocycles. The number of thioether (sulfide) groups is 1. The lowest BCUT2D eigenvalue weighted by Gasteiger charge is -2.04. The van der Waals surface area contributed by atoms with Crippen LogP contribution in [0.5, 0.6) is 0 Å². The first-order valence-electron chi connectivity index (χ1n) is 5.07. The molecule has 0 saturated carbocycles. The summed E-state index contributed by atoms with van der Waals surface area (Å²) in [6.07, 6.45) is 0. The summed E-state index contributed by atoms with van der Waals surface area (Å²) in [4.78, 5) is 0.975. The van der Waals surface area contributed by atoms with E-state index in [4.69, 9.17) is 5.73 Å². The summed E-state index contributed by atoms with van der Waals surface area (Å²) in [6, 6.07) is 10.8. The number of nitrogens with two attached hydrogens (primary N) is 1. The molecule has 4 heteroatoms. The summed E-state index contributed by atoms with van der Waals surface area (Å²) in [5, 5.41) is 0. The Hall–Kier alpha value is -1.55. The van der Waals surface area contributed by atoms with Crippen molar-refractivity contribution in [3.63, 3.8) is 0 Å². The molecule has 2 N–H and O–H groups in total. The summed E-state index contributed by atoms with van der Waals surface area (Å²) in [6.45, 7) is 0. The van der Waals surface area contributed by atoms with Gasteiger partial charge in [0.15, 0.2) is 0 Å². The molecular formula is C13H11F2NS. The number of hydrogen-bond acceptors (Lipinski definition) is 2. The Bertz CT molecular complexity index is 511. The number of rotatable bonds is 3. The van der Waals surface area contributed by atoms with Crippen molar-refractivity contribution in [1.82, 2.24) is 0 Å². The van der Waals surface area contributed by atoms with E-state index in [-0.39, 0.29) is 5.82 Å². The number of benzene rings is 2. The fraction of sp³-hybridized carbons (Fsp3) is 0.0769. The highest BCUT2D eigenvalue weighted by molar-refractivity contribution is 7.98. The van der Waals surface area contributed by atoms with E-state index >= 15 is 0 Å². The average Bonchev–Trinajstić information content (AvgIpc) is 2.32. The zero-order valence-corrected chi connectivity index (χ0v) is 9.81. The Morgan fingerprint density at radius 3 is 2.41 bits per heavy atom. The number of nitrogen functional groups attached to an aromatic ring is 1. The molecule has 0 spiro atoms. The van der Waals surface area contributed by atoms with Crippen LogP contribution in [0.3, 0.4) is 0 Å². The van der Waals surface area contributed by atoms with Gasteiger partial charge in [0.1, 0.15) is 11.6 Å². The van der Waals surface area contributed by atoms with Gasteiger partial charge in [0.05, 0.1) is 0 Å². The molecule has 0 heterocycles. The number of halogens is 2. The van der Waals surface area contributed by atoms with Gasteiger partial charge < -0.3 is 5.73 Å². The summed E-state index contributed by atoms with van der Waals surface area (Å²) >= 11 is 1.44. The minimum Gasteiger partial charge on any atom is -0.399 e. The second-order valence-corrected chi connectivity index (χ2v) is 4.64. The molecule has 0 amide bonds. The highest BCUT2D eigenvalue weighted by atomic mass is 32.2. The van der Waals surface area contributed by atoms with E-state index in [1.807, 2.05) is 12.1 Å². The first-order chi connectivity index (χ1) is 8.15. The van der Waals surface area contributed by atoms with E-state index in [0.29, 0.717) is 17.0 Å². The van der Waals surface area contributed by atoms with Crippen LogP contribution in [-0.2, 0) is 5.75 Å². The van der Waals surface area contributed by atoms with Crippen molar-refractivity contribution in [2.45, 2.75) is 10.6 Å². The van der Waals surface area contributed by atoms with Gasteiger partial charge in [-0.3, -0.25) is 0 Å². The largest absolute Gasteiger partial charge is 0.399 e. The molecule has 0 radical (unpaired) electrons. The Labute approximate surface area is 103 Å². The summed E-state index contributed by atoms with van der Waals surface area (Å²) in [7, 11) is 0. The van der Waals surface area contributed by atoms with E-state index < -0.39 is 5.82 Å². The number of hydrogen-bond donors (Lipinski definition) is 1. The van der Waals surface area contributed by atoms with Crippen LogP contribution in [0.4, 0.5) is 14.5 Å². The molecule has 0 saturated heterocycles. The fourth-order valence-corrected chi connectivity index (χ4v) is 2.25. The van der Waals surface area contributed by atoms with Gasteiger partial charge in [-0.15, -0.1) is 11.8 Å². The Morgan fingerprint density at radius 2 is 1.71 bits per heavy atom. The molecule has 0 aliphatic heterocycles. The highest BCUT2D eigenvalue weighted by Gasteiger charge is 2.04. The third-order valence-electron chi connectivity index (χ3n) is 2.28. The van der Waals surface area contributed by atoms with Crippen molar-refractivity contribution >= 4 is 17.4 Å². The first kappa shape index (κ1) is 11.9. The van der Waals surface area contributed by atoms with Crippen LogP contribution in [0, 0.1) is 11.6 Å². The zero-order valence-electron chi connectivity index (χ0n) is 8.99. The standard InChI is InChI=1S/C13H11F2NS/c14-10-1-6-13(15)9(7-10)8-17-12-4-2-11(16)3-5-12/h1-7H,8,16H2. The van der Waals surface area contributed by atoms with Crippen LogP contribution in [-0.4, -0.2) is 0 Å². The van der Waals surface area contributed by atoms with Crippen molar-refractivity contribution in [1.29, 1.82) is 0 Å².